The monoisotopic (exact) mass is 418 g/mol. The molecule has 0 aliphatic rings. The second-order valence-corrected chi connectivity index (χ2v) is 7.27. The van der Waals surface area contributed by atoms with Crippen LogP contribution in [0, 0.1) is 0 Å². The van der Waals surface area contributed by atoms with E-state index in [2.05, 4.69) is 10.3 Å². The van der Waals surface area contributed by atoms with Crippen molar-refractivity contribution in [3.05, 3.63) is 93.5 Å². The van der Waals surface area contributed by atoms with E-state index < -0.39 is 0 Å². The zero-order chi connectivity index (χ0) is 21.3. The number of rotatable bonds is 4. The SMILES string of the molecule is Cn1c(=O)c(-c2cc(NC(=O)c3ccccc3)ccc2CN)cc2cnc(Cl)cc21. The van der Waals surface area contributed by atoms with Gasteiger partial charge in [0.1, 0.15) is 5.15 Å². The molecule has 0 radical (unpaired) electrons. The molecule has 0 unspecified atom stereocenters. The van der Waals surface area contributed by atoms with Crippen molar-refractivity contribution in [2.24, 2.45) is 12.8 Å². The number of nitrogens with zero attached hydrogens (tertiary/aromatic N) is 2. The summed E-state index contributed by atoms with van der Waals surface area (Å²) in [6.07, 6.45) is 1.63. The fourth-order valence-electron chi connectivity index (χ4n) is 3.41. The van der Waals surface area contributed by atoms with Crippen molar-refractivity contribution in [3.63, 3.8) is 0 Å². The minimum Gasteiger partial charge on any atom is -0.326 e. The van der Waals surface area contributed by atoms with Gasteiger partial charge in [-0.15, -0.1) is 0 Å². The van der Waals surface area contributed by atoms with Gasteiger partial charge >= 0.3 is 0 Å². The zero-order valence-electron chi connectivity index (χ0n) is 16.2. The van der Waals surface area contributed by atoms with Crippen LogP contribution in [0.25, 0.3) is 22.0 Å². The Morgan fingerprint density at radius 3 is 2.60 bits per heavy atom. The molecule has 6 nitrogen and oxygen atoms in total. The predicted molar refractivity (Wildman–Crippen MR) is 120 cm³/mol. The molecule has 1 amide bonds. The first-order chi connectivity index (χ1) is 14.5. The van der Waals surface area contributed by atoms with Crippen molar-refractivity contribution in [1.82, 2.24) is 9.55 Å². The van der Waals surface area contributed by atoms with Gasteiger partial charge in [0, 0.05) is 42.0 Å². The van der Waals surface area contributed by atoms with E-state index in [0.717, 1.165) is 10.9 Å². The number of anilines is 1. The highest BCUT2D eigenvalue weighted by Gasteiger charge is 2.14. The molecule has 7 heteroatoms. The van der Waals surface area contributed by atoms with Crippen LogP contribution >= 0.6 is 11.6 Å². The Hall–Kier alpha value is -3.48. The first kappa shape index (κ1) is 19.8. The summed E-state index contributed by atoms with van der Waals surface area (Å²) in [5.74, 6) is -0.229. The molecule has 0 aliphatic carbocycles. The van der Waals surface area contributed by atoms with Crippen molar-refractivity contribution >= 4 is 34.1 Å². The summed E-state index contributed by atoms with van der Waals surface area (Å²) in [7, 11) is 1.69. The average Bonchev–Trinajstić information content (AvgIpc) is 2.77. The molecule has 30 heavy (non-hydrogen) atoms. The third-order valence-electron chi connectivity index (χ3n) is 4.99. The van der Waals surface area contributed by atoms with E-state index >= 15 is 0 Å². The van der Waals surface area contributed by atoms with Crippen LogP contribution in [-0.2, 0) is 13.6 Å². The summed E-state index contributed by atoms with van der Waals surface area (Å²) in [6.45, 7) is 0.252. The number of benzene rings is 2. The molecule has 3 N–H and O–H groups in total. The molecule has 0 spiro atoms. The van der Waals surface area contributed by atoms with Gasteiger partial charge in [0.2, 0.25) is 0 Å². The van der Waals surface area contributed by atoms with Gasteiger partial charge < -0.3 is 15.6 Å². The quantitative estimate of drug-likeness (QED) is 0.491. The second-order valence-electron chi connectivity index (χ2n) is 6.88. The van der Waals surface area contributed by atoms with Gasteiger partial charge in [0.25, 0.3) is 11.5 Å². The van der Waals surface area contributed by atoms with Gasteiger partial charge in [-0.3, -0.25) is 9.59 Å². The summed E-state index contributed by atoms with van der Waals surface area (Å²) >= 11 is 5.98. The van der Waals surface area contributed by atoms with E-state index in [9.17, 15) is 9.59 Å². The number of amides is 1. The Bertz CT molecular complexity index is 1320. The molecule has 0 bridgehead atoms. The maximum Gasteiger partial charge on any atom is 0.258 e. The normalized spacial score (nSPS) is 10.9. The zero-order valence-corrected chi connectivity index (χ0v) is 17.0. The van der Waals surface area contributed by atoms with Crippen LogP contribution in [0.2, 0.25) is 5.15 Å². The van der Waals surface area contributed by atoms with Gasteiger partial charge in [0.05, 0.1) is 5.52 Å². The number of aryl methyl sites for hydroxylation is 1. The molecular formula is C23H19ClN4O2. The van der Waals surface area contributed by atoms with Gasteiger partial charge in [-0.1, -0.05) is 35.9 Å². The van der Waals surface area contributed by atoms with Crippen molar-refractivity contribution in [1.29, 1.82) is 0 Å². The molecule has 2 aromatic heterocycles. The van der Waals surface area contributed by atoms with Gasteiger partial charge in [-0.2, -0.15) is 0 Å². The number of carbonyl (C=O) groups is 1. The Morgan fingerprint density at radius 1 is 1.10 bits per heavy atom. The van der Waals surface area contributed by atoms with E-state index in [0.29, 0.717) is 33.0 Å². The lowest BCUT2D eigenvalue weighted by Crippen LogP contribution is -2.20. The summed E-state index contributed by atoms with van der Waals surface area (Å²) < 4.78 is 1.54. The molecule has 0 saturated heterocycles. The first-order valence-corrected chi connectivity index (χ1v) is 9.71. The molecule has 0 aliphatic heterocycles. The van der Waals surface area contributed by atoms with Crippen molar-refractivity contribution in [2.75, 3.05) is 5.32 Å². The number of fused-ring (bicyclic) bond motifs is 1. The Labute approximate surface area is 177 Å². The highest BCUT2D eigenvalue weighted by Crippen LogP contribution is 2.28. The van der Waals surface area contributed by atoms with Crippen molar-refractivity contribution in [2.45, 2.75) is 6.54 Å². The van der Waals surface area contributed by atoms with Crippen molar-refractivity contribution < 1.29 is 4.79 Å². The highest BCUT2D eigenvalue weighted by atomic mass is 35.5. The number of nitrogens with two attached hydrogens (primary N) is 1. The molecule has 4 aromatic rings. The highest BCUT2D eigenvalue weighted by molar-refractivity contribution is 6.30. The maximum atomic E-state index is 13.1. The van der Waals surface area contributed by atoms with E-state index in [4.69, 9.17) is 17.3 Å². The molecular weight excluding hydrogens is 400 g/mol. The van der Waals surface area contributed by atoms with E-state index in [1.54, 1.807) is 61.8 Å². The topological polar surface area (TPSA) is 90.0 Å². The summed E-state index contributed by atoms with van der Waals surface area (Å²) in [5, 5.41) is 3.97. The van der Waals surface area contributed by atoms with Gasteiger partial charge in [0.15, 0.2) is 0 Å². The number of hydrogen-bond donors (Lipinski definition) is 2. The minimum atomic E-state index is -0.229. The average molecular weight is 419 g/mol. The van der Waals surface area contributed by atoms with E-state index in [-0.39, 0.29) is 18.0 Å². The molecule has 2 heterocycles. The van der Waals surface area contributed by atoms with Crippen LogP contribution in [0.15, 0.2) is 71.7 Å². The van der Waals surface area contributed by atoms with Crippen LogP contribution in [0.4, 0.5) is 5.69 Å². The first-order valence-electron chi connectivity index (χ1n) is 9.33. The smallest absolute Gasteiger partial charge is 0.258 e. The Kier molecular flexibility index (Phi) is 5.35. The number of carbonyl (C=O) groups excluding carboxylic acids is 1. The Morgan fingerprint density at radius 2 is 1.87 bits per heavy atom. The second kappa shape index (κ2) is 8.10. The summed E-state index contributed by atoms with van der Waals surface area (Å²) in [6, 6.07) is 17.7. The predicted octanol–water partition coefficient (Wildman–Crippen LogP) is 3.96. The molecule has 150 valence electrons. The number of pyridine rings is 2. The van der Waals surface area contributed by atoms with Crippen LogP contribution < -0.4 is 16.6 Å². The minimum absolute atomic E-state index is 0.189. The molecule has 4 rings (SSSR count). The van der Waals surface area contributed by atoms with E-state index in [1.165, 1.54) is 4.57 Å². The Balaban J connectivity index is 1.81. The van der Waals surface area contributed by atoms with Crippen molar-refractivity contribution in [3.8, 4) is 11.1 Å². The maximum absolute atomic E-state index is 13.1. The third kappa shape index (κ3) is 3.70. The fraction of sp³-hybridized carbons (Fsp3) is 0.0870. The van der Waals surface area contributed by atoms with Crippen LogP contribution in [0.5, 0.6) is 0 Å². The molecule has 0 fully saturated rings. The number of halogens is 1. The lowest BCUT2D eigenvalue weighted by molar-refractivity contribution is 0.102. The molecule has 2 aromatic carbocycles. The van der Waals surface area contributed by atoms with Crippen LogP contribution in [0.1, 0.15) is 15.9 Å². The fourth-order valence-corrected chi connectivity index (χ4v) is 3.56. The molecule has 0 saturated carbocycles. The summed E-state index contributed by atoms with van der Waals surface area (Å²) in [4.78, 5) is 29.7. The molecule has 0 atom stereocenters. The van der Waals surface area contributed by atoms with E-state index in [1.807, 2.05) is 12.1 Å². The van der Waals surface area contributed by atoms with Gasteiger partial charge in [-0.05, 0) is 47.5 Å². The summed E-state index contributed by atoms with van der Waals surface area (Å²) in [5.41, 5.74) is 9.49. The standard InChI is InChI=1S/C23H19ClN4O2/c1-28-20-11-21(24)26-13-16(20)9-19(23(28)30)18-10-17(8-7-15(18)12-25)27-22(29)14-5-3-2-4-6-14/h2-11,13H,12,25H2,1H3,(H,27,29). The lowest BCUT2D eigenvalue weighted by Gasteiger charge is -2.14. The third-order valence-corrected chi connectivity index (χ3v) is 5.20. The number of hydrogen-bond acceptors (Lipinski definition) is 4. The van der Waals surface area contributed by atoms with Crippen LogP contribution in [0.3, 0.4) is 0 Å². The largest absolute Gasteiger partial charge is 0.326 e. The van der Waals surface area contributed by atoms with Crippen LogP contribution in [-0.4, -0.2) is 15.5 Å². The lowest BCUT2D eigenvalue weighted by atomic mass is 9.98. The van der Waals surface area contributed by atoms with Gasteiger partial charge in [-0.25, -0.2) is 4.98 Å². The number of nitrogens with one attached hydrogen (secondary N) is 1. The number of aromatic nitrogens is 2.